The molecule has 1 amide bonds. The number of rotatable bonds is 5. The molecule has 1 heterocycles. The van der Waals surface area contributed by atoms with Gasteiger partial charge in [0.1, 0.15) is 0 Å². The first-order valence-electron chi connectivity index (χ1n) is 9.35. The molecule has 0 atom stereocenters. The molecule has 0 radical (unpaired) electrons. The minimum atomic E-state index is -4.64. The Kier molecular flexibility index (Phi) is 7.20. The SMILES string of the molecule is O=C(Nc1ccc(Cl)c(C(F)(F)F)c1)C1CCN(S(=O)(=O)Cc2ccc(Cl)cc2)CC1. The number of amides is 1. The van der Waals surface area contributed by atoms with Gasteiger partial charge in [0.15, 0.2) is 0 Å². The van der Waals surface area contributed by atoms with Crippen LogP contribution >= 0.6 is 23.2 Å². The molecule has 2 aromatic carbocycles. The van der Waals surface area contributed by atoms with E-state index in [1.807, 2.05) is 0 Å². The molecule has 3 rings (SSSR count). The standard InChI is InChI=1S/C20H19Cl2F3N2O3S/c21-15-3-1-13(2-4-15)12-31(29,30)27-9-7-14(8-10-27)19(28)26-16-5-6-18(22)17(11-16)20(23,24)25/h1-6,11,14H,7-10,12H2,(H,26,28). The Morgan fingerprint density at radius 1 is 1.06 bits per heavy atom. The average Bonchev–Trinajstić information content (AvgIpc) is 2.70. The van der Waals surface area contributed by atoms with E-state index < -0.39 is 38.6 Å². The molecule has 31 heavy (non-hydrogen) atoms. The lowest BCUT2D eigenvalue weighted by Gasteiger charge is -2.30. The van der Waals surface area contributed by atoms with Crippen LogP contribution in [0.2, 0.25) is 10.0 Å². The van der Waals surface area contributed by atoms with Gasteiger partial charge in [-0.1, -0.05) is 35.3 Å². The molecule has 1 aliphatic rings. The maximum atomic E-state index is 13.0. The molecule has 1 saturated heterocycles. The highest BCUT2D eigenvalue weighted by molar-refractivity contribution is 7.88. The highest BCUT2D eigenvalue weighted by atomic mass is 35.5. The third-order valence-corrected chi connectivity index (χ3v) is 7.45. The molecule has 5 nitrogen and oxygen atoms in total. The first-order valence-corrected chi connectivity index (χ1v) is 11.7. The lowest BCUT2D eigenvalue weighted by molar-refractivity contribution is -0.137. The molecule has 11 heteroatoms. The summed E-state index contributed by atoms with van der Waals surface area (Å²) in [4.78, 5) is 12.5. The molecule has 168 valence electrons. The quantitative estimate of drug-likeness (QED) is 0.621. The number of nitrogens with one attached hydrogen (secondary N) is 1. The maximum absolute atomic E-state index is 13.0. The van der Waals surface area contributed by atoms with Crippen molar-refractivity contribution in [2.24, 2.45) is 5.92 Å². The molecule has 1 fully saturated rings. The van der Waals surface area contributed by atoms with Crippen LogP contribution < -0.4 is 5.32 Å². The molecular weight excluding hydrogens is 476 g/mol. The Balaban J connectivity index is 1.59. The molecule has 1 aliphatic heterocycles. The summed E-state index contributed by atoms with van der Waals surface area (Å²) in [6, 6.07) is 9.66. The zero-order valence-electron chi connectivity index (χ0n) is 16.1. The number of carbonyl (C=O) groups excluding carboxylic acids is 1. The van der Waals surface area contributed by atoms with Crippen molar-refractivity contribution in [1.82, 2.24) is 4.31 Å². The zero-order valence-corrected chi connectivity index (χ0v) is 18.5. The highest BCUT2D eigenvalue weighted by Gasteiger charge is 2.34. The summed E-state index contributed by atoms with van der Waals surface area (Å²) in [5, 5.41) is 2.53. The zero-order chi connectivity index (χ0) is 22.8. The Morgan fingerprint density at radius 3 is 2.26 bits per heavy atom. The van der Waals surface area contributed by atoms with E-state index in [0.717, 1.165) is 12.1 Å². The van der Waals surface area contributed by atoms with Gasteiger partial charge in [-0.2, -0.15) is 13.2 Å². The van der Waals surface area contributed by atoms with Gasteiger partial charge < -0.3 is 5.32 Å². The number of nitrogens with zero attached hydrogens (tertiary/aromatic N) is 1. The molecule has 2 aromatic rings. The van der Waals surface area contributed by atoms with E-state index in [1.165, 1.54) is 10.4 Å². The fourth-order valence-corrected chi connectivity index (χ4v) is 5.26. The summed E-state index contributed by atoms with van der Waals surface area (Å²) in [6.45, 7) is 0.310. The molecule has 0 spiro atoms. The summed E-state index contributed by atoms with van der Waals surface area (Å²) in [5.74, 6) is -1.14. The molecule has 0 aromatic heterocycles. The summed E-state index contributed by atoms with van der Waals surface area (Å²) in [6.07, 6.45) is -4.10. The van der Waals surface area contributed by atoms with Gasteiger partial charge in [0, 0.05) is 29.7 Å². The van der Waals surface area contributed by atoms with Crippen LogP contribution in [0, 0.1) is 5.92 Å². The van der Waals surface area contributed by atoms with Crippen LogP contribution in [0.5, 0.6) is 0 Å². The molecule has 0 bridgehead atoms. The molecule has 0 unspecified atom stereocenters. The first-order chi connectivity index (χ1) is 14.5. The number of alkyl halides is 3. The van der Waals surface area contributed by atoms with Crippen molar-refractivity contribution in [3.8, 4) is 0 Å². The second-order valence-electron chi connectivity index (χ2n) is 7.24. The molecule has 0 saturated carbocycles. The minimum absolute atomic E-state index is 0.0143. The third kappa shape index (κ3) is 6.12. The second kappa shape index (κ2) is 9.36. The van der Waals surface area contributed by atoms with E-state index in [4.69, 9.17) is 23.2 Å². The van der Waals surface area contributed by atoms with E-state index in [0.29, 0.717) is 10.6 Å². The predicted molar refractivity (Wildman–Crippen MR) is 113 cm³/mol. The Hall–Kier alpha value is -1.81. The van der Waals surface area contributed by atoms with E-state index in [-0.39, 0.29) is 37.4 Å². The van der Waals surface area contributed by atoms with Gasteiger partial charge in [-0.3, -0.25) is 4.79 Å². The second-order valence-corrected chi connectivity index (χ2v) is 10.1. The smallest absolute Gasteiger partial charge is 0.326 e. The first kappa shape index (κ1) is 23.8. The van der Waals surface area contributed by atoms with E-state index in [2.05, 4.69) is 5.32 Å². The van der Waals surface area contributed by atoms with Gasteiger partial charge >= 0.3 is 6.18 Å². The summed E-state index contributed by atoms with van der Waals surface area (Å²) in [7, 11) is -3.57. The molecule has 0 aliphatic carbocycles. The van der Waals surface area contributed by atoms with Crippen molar-refractivity contribution >= 4 is 44.8 Å². The van der Waals surface area contributed by atoms with Crippen LogP contribution in [-0.2, 0) is 26.7 Å². The van der Waals surface area contributed by atoms with Crippen LogP contribution in [0.25, 0.3) is 0 Å². The topological polar surface area (TPSA) is 66.5 Å². The van der Waals surface area contributed by atoms with Gasteiger partial charge in [0.25, 0.3) is 0 Å². The number of carbonyl (C=O) groups is 1. The Bertz CT molecular complexity index is 1050. The number of hydrogen-bond acceptors (Lipinski definition) is 3. The number of hydrogen-bond donors (Lipinski definition) is 1. The Labute approximate surface area is 188 Å². The number of halogens is 5. The van der Waals surface area contributed by atoms with Gasteiger partial charge in [0.05, 0.1) is 16.3 Å². The monoisotopic (exact) mass is 494 g/mol. The van der Waals surface area contributed by atoms with Gasteiger partial charge in [-0.25, -0.2) is 12.7 Å². The van der Waals surface area contributed by atoms with Crippen LogP contribution in [0.3, 0.4) is 0 Å². The van der Waals surface area contributed by atoms with Crippen molar-refractivity contribution in [2.75, 3.05) is 18.4 Å². The maximum Gasteiger partial charge on any atom is 0.417 e. The van der Waals surface area contributed by atoms with Gasteiger partial charge in [-0.15, -0.1) is 0 Å². The number of sulfonamides is 1. The van der Waals surface area contributed by atoms with Crippen LogP contribution in [-0.4, -0.2) is 31.7 Å². The Morgan fingerprint density at radius 2 is 1.68 bits per heavy atom. The van der Waals surface area contributed by atoms with Crippen LogP contribution in [0.1, 0.15) is 24.0 Å². The fraction of sp³-hybridized carbons (Fsp3) is 0.350. The van der Waals surface area contributed by atoms with Crippen molar-refractivity contribution in [2.45, 2.75) is 24.8 Å². The number of benzene rings is 2. The van der Waals surface area contributed by atoms with E-state index in [1.54, 1.807) is 24.3 Å². The largest absolute Gasteiger partial charge is 0.417 e. The summed E-state index contributed by atoms with van der Waals surface area (Å²) < 4.78 is 65.6. The number of piperidine rings is 1. The van der Waals surface area contributed by atoms with Crippen molar-refractivity contribution in [3.63, 3.8) is 0 Å². The fourth-order valence-electron chi connectivity index (χ4n) is 3.34. The molecular formula is C20H19Cl2F3N2O3S. The van der Waals surface area contributed by atoms with Crippen molar-refractivity contribution in [1.29, 1.82) is 0 Å². The number of anilines is 1. The summed E-state index contributed by atoms with van der Waals surface area (Å²) in [5.41, 5.74) is -0.443. The third-order valence-electron chi connectivity index (χ3n) is 5.02. The van der Waals surface area contributed by atoms with Crippen molar-refractivity contribution < 1.29 is 26.4 Å². The summed E-state index contributed by atoms with van der Waals surface area (Å²) >= 11 is 11.4. The van der Waals surface area contributed by atoms with Gasteiger partial charge in [0.2, 0.25) is 15.9 Å². The minimum Gasteiger partial charge on any atom is -0.326 e. The normalized spacial score (nSPS) is 16.3. The lowest BCUT2D eigenvalue weighted by atomic mass is 9.97. The van der Waals surface area contributed by atoms with E-state index in [9.17, 15) is 26.4 Å². The van der Waals surface area contributed by atoms with Crippen LogP contribution in [0.15, 0.2) is 42.5 Å². The lowest BCUT2D eigenvalue weighted by Crippen LogP contribution is -2.41. The average molecular weight is 495 g/mol. The highest BCUT2D eigenvalue weighted by Crippen LogP contribution is 2.36. The molecule has 1 N–H and O–H groups in total. The van der Waals surface area contributed by atoms with E-state index >= 15 is 0 Å². The predicted octanol–water partition coefficient (Wildman–Crippen LogP) is 5.19. The van der Waals surface area contributed by atoms with Crippen molar-refractivity contribution in [3.05, 3.63) is 63.6 Å². The van der Waals surface area contributed by atoms with Gasteiger partial charge in [-0.05, 0) is 48.7 Å². The van der Waals surface area contributed by atoms with Crippen LogP contribution in [0.4, 0.5) is 18.9 Å².